The van der Waals surface area contributed by atoms with Gasteiger partial charge in [0.2, 0.25) is 0 Å². The minimum atomic E-state index is -0.174. The van der Waals surface area contributed by atoms with Crippen molar-refractivity contribution in [3.8, 4) is 0 Å². The molecule has 2 amide bonds. The van der Waals surface area contributed by atoms with E-state index in [0.29, 0.717) is 17.7 Å². The van der Waals surface area contributed by atoms with Gasteiger partial charge in [-0.25, -0.2) is 0 Å². The summed E-state index contributed by atoms with van der Waals surface area (Å²) in [6.45, 7) is 8.25. The third-order valence-corrected chi connectivity index (χ3v) is 2.69. The van der Waals surface area contributed by atoms with Crippen molar-refractivity contribution in [2.75, 3.05) is 6.54 Å². The molecule has 92 valence electrons. The first-order valence-electron chi connectivity index (χ1n) is 6.12. The summed E-state index contributed by atoms with van der Waals surface area (Å²) < 4.78 is 0. The molecule has 0 aromatic heterocycles. The first kappa shape index (κ1) is 13.4. The standard InChI is InChI=1S/C12H13NO2.C2H6/c1-3-13-11(14)9-6-4-8(2)5-7-10(9)12(13)15;1-2/h4-8H,3H2,1-2H3;1-2H3. The molecule has 3 heteroatoms. The van der Waals surface area contributed by atoms with Crippen LogP contribution in [-0.2, 0) is 9.59 Å². The SMILES string of the molecule is CC.CCN1C(=O)C2=C(C=CC(C)C=C2)C1=O. The number of amides is 2. The predicted octanol–water partition coefficient (Wildman–Crippen LogP) is 2.46. The molecule has 2 rings (SSSR count). The maximum atomic E-state index is 11.8. The van der Waals surface area contributed by atoms with E-state index in [2.05, 4.69) is 0 Å². The monoisotopic (exact) mass is 233 g/mol. The molecule has 0 saturated carbocycles. The number of likely N-dealkylation sites (N-methyl/N-ethyl adjacent to an activating group) is 1. The van der Waals surface area contributed by atoms with Gasteiger partial charge in [0.25, 0.3) is 11.8 Å². The number of carbonyl (C=O) groups excluding carboxylic acids is 2. The number of imide groups is 1. The number of nitrogens with zero attached hydrogens (tertiary/aromatic N) is 1. The molecule has 0 unspecified atom stereocenters. The molecule has 0 atom stereocenters. The van der Waals surface area contributed by atoms with E-state index < -0.39 is 0 Å². The van der Waals surface area contributed by atoms with Crippen LogP contribution in [0.5, 0.6) is 0 Å². The Labute approximate surface area is 102 Å². The summed E-state index contributed by atoms with van der Waals surface area (Å²) >= 11 is 0. The van der Waals surface area contributed by atoms with E-state index in [1.807, 2.05) is 32.9 Å². The van der Waals surface area contributed by atoms with Gasteiger partial charge in [0, 0.05) is 6.54 Å². The molecule has 1 aliphatic heterocycles. The maximum absolute atomic E-state index is 11.8. The largest absolute Gasteiger partial charge is 0.275 e. The van der Waals surface area contributed by atoms with Crippen molar-refractivity contribution in [3.63, 3.8) is 0 Å². The van der Waals surface area contributed by atoms with Crippen LogP contribution in [0.4, 0.5) is 0 Å². The van der Waals surface area contributed by atoms with E-state index in [1.54, 1.807) is 19.1 Å². The van der Waals surface area contributed by atoms with E-state index in [0.717, 1.165) is 0 Å². The summed E-state index contributed by atoms with van der Waals surface area (Å²) in [7, 11) is 0. The quantitative estimate of drug-likeness (QED) is 0.652. The van der Waals surface area contributed by atoms with Crippen molar-refractivity contribution < 1.29 is 9.59 Å². The molecule has 0 radical (unpaired) electrons. The van der Waals surface area contributed by atoms with Crippen molar-refractivity contribution >= 4 is 11.8 Å². The van der Waals surface area contributed by atoms with E-state index in [4.69, 9.17) is 0 Å². The van der Waals surface area contributed by atoms with Gasteiger partial charge in [-0.2, -0.15) is 0 Å². The van der Waals surface area contributed by atoms with E-state index >= 15 is 0 Å². The molecule has 1 heterocycles. The highest BCUT2D eigenvalue weighted by atomic mass is 16.2. The Morgan fingerprint density at radius 2 is 1.47 bits per heavy atom. The third kappa shape index (κ3) is 2.38. The molecular weight excluding hydrogens is 214 g/mol. The molecule has 0 bridgehead atoms. The molecule has 0 N–H and O–H groups in total. The normalized spacial score (nSPS) is 19.2. The van der Waals surface area contributed by atoms with Crippen molar-refractivity contribution in [2.45, 2.75) is 27.7 Å². The summed E-state index contributed by atoms with van der Waals surface area (Å²) in [5, 5.41) is 0. The van der Waals surface area contributed by atoms with Crippen LogP contribution in [0.3, 0.4) is 0 Å². The summed E-state index contributed by atoms with van der Waals surface area (Å²) in [6.07, 6.45) is 7.39. The van der Waals surface area contributed by atoms with Crippen LogP contribution in [0.2, 0.25) is 0 Å². The molecule has 2 aliphatic rings. The van der Waals surface area contributed by atoms with Gasteiger partial charge < -0.3 is 0 Å². The third-order valence-electron chi connectivity index (χ3n) is 2.69. The van der Waals surface area contributed by atoms with Crippen LogP contribution in [0.15, 0.2) is 35.5 Å². The molecule has 0 aromatic carbocycles. The van der Waals surface area contributed by atoms with Gasteiger partial charge in [-0.05, 0) is 12.8 Å². The van der Waals surface area contributed by atoms with Crippen LogP contribution >= 0.6 is 0 Å². The zero-order valence-corrected chi connectivity index (χ0v) is 10.9. The molecule has 0 fully saturated rings. The van der Waals surface area contributed by atoms with Crippen LogP contribution in [0, 0.1) is 5.92 Å². The fourth-order valence-electron chi connectivity index (χ4n) is 1.78. The second-order valence-corrected chi connectivity index (χ2v) is 3.76. The van der Waals surface area contributed by atoms with E-state index in [-0.39, 0.29) is 17.7 Å². The molecule has 1 aliphatic carbocycles. The Kier molecular flexibility index (Phi) is 4.44. The summed E-state index contributed by atoms with van der Waals surface area (Å²) in [4.78, 5) is 24.9. The second kappa shape index (κ2) is 5.62. The lowest BCUT2D eigenvalue weighted by molar-refractivity contribution is -0.137. The molecular formula is C14H19NO2. The van der Waals surface area contributed by atoms with Gasteiger partial charge >= 0.3 is 0 Å². The topological polar surface area (TPSA) is 37.4 Å². The Bertz CT molecular complexity index is 380. The fraction of sp³-hybridized carbons (Fsp3) is 0.429. The summed E-state index contributed by atoms with van der Waals surface area (Å²) in [5.41, 5.74) is 1.06. The Hall–Kier alpha value is -1.64. The van der Waals surface area contributed by atoms with Gasteiger partial charge in [0.1, 0.15) is 0 Å². The van der Waals surface area contributed by atoms with Gasteiger partial charge in [0.05, 0.1) is 11.1 Å². The maximum Gasteiger partial charge on any atom is 0.261 e. The lowest BCUT2D eigenvalue weighted by Gasteiger charge is -2.11. The van der Waals surface area contributed by atoms with Gasteiger partial charge in [-0.15, -0.1) is 0 Å². The number of carbonyl (C=O) groups is 2. The number of hydrogen-bond acceptors (Lipinski definition) is 2. The lowest BCUT2D eigenvalue weighted by Crippen LogP contribution is -2.31. The zero-order chi connectivity index (χ0) is 13.0. The summed E-state index contributed by atoms with van der Waals surface area (Å²) in [6, 6.07) is 0. The second-order valence-electron chi connectivity index (χ2n) is 3.76. The van der Waals surface area contributed by atoms with E-state index in [1.165, 1.54) is 4.90 Å². The highest BCUT2D eigenvalue weighted by Gasteiger charge is 2.34. The molecule has 0 spiro atoms. The van der Waals surface area contributed by atoms with Gasteiger partial charge in [-0.3, -0.25) is 14.5 Å². The van der Waals surface area contributed by atoms with Crippen molar-refractivity contribution in [3.05, 3.63) is 35.5 Å². The smallest absolute Gasteiger partial charge is 0.261 e. The van der Waals surface area contributed by atoms with Crippen LogP contribution < -0.4 is 0 Å². The Morgan fingerprint density at radius 3 is 1.82 bits per heavy atom. The van der Waals surface area contributed by atoms with Gasteiger partial charge in [0.15, 0.2) is 0 Å². The van der Waals surface area contributed by atoms with Crippen LogP contribution in [-0.4, -0.2) is 23.3 Å². The van der Waals surface area contributed by atoms with Crippen molar-refractivity contribution in [1.82, 2.24) is 4.90 Å². The minimum Gasteiger partial charge on any atom is -0.275 e. The first-order valence-corrected chi connectivity index (χ1v) is 6.12. The molecule has 0 saturated heterocycles. The molecule has 3 nitrogen and oxygen atoms in total. The molecule has 17 heavy (non-hydrogen) atoms. The molecule has 0 aromatic rings. The highest BCUT2D eigenvalue weighted by Crippen LogP contribution is 2.25. The zero-order valence-electron chi connectivity index (χ0n) is 10.9. The number of allylic oxidation sites excluding steroid dienone is 2. The average Bonchev–Trinajstić information content (AvgIpc) is 2.49. The van der Waals surface area contributed by atoms with Gasteiger partial charge in [-0.1, -0.05) is 45.1 Å². The van der Waals surface area contributed by atoms with E-state index in [9.17, 15) is 9.59 Å². The Balaban J connectivity index is 0.000000686. The first-order chi connectivity index (χ1) is 8.15. The number of rotatable bonds is 1. The number of hydrogen-bond donors (Lipinski definition) is 0. The lowest BCUT2D eigenvalue weighted by atomic mass is 10.1. The average molecular weight is 233 g/mol. The fourth-order valence-corrected chi connectivity index (χ4v) is 1.78. The highest BCUT2D eigenvalue weighted by molar-refractivity contribution is 6.22. The Morgan fingerprint density at radius 1 is 1.06 bits per heavy atom. The van der Waals surface area contributed by atoms with Crippen molar-refractivity contribution in [2.24, 2.45) is 5.92 Å². The van der Waals surface area contributed by atoms with Crippen LogP contribution in [0.25, 0.3) is 0 Å². The summed E-state index contributed by atoms with van der Waals surface area (Å²) in [5.74, 6) is -0.0775. The van der Waals surface area contributed by atoms with Crippen LogP contribution in [0.1, 0.15) is 27.7 Å². The van der Waals surface area contributed by atoms with Crippen molar-refractivity contribution in [1.29, 1.82) is 0 Å². The minimum absolute atomic E-state index is 0.174. The predicted molar refractivity (Wildman–Crippen MR) is 68.2 cm³/mol.